The molecule has 1 aromatic heterocycles. The van der Waals surface area contributed by atoms with Crippen LogP contribution in [0.2, 0.25) is 0 Å². The number of amides is 1. The van der Waals surface area contributed by atoms with Crippen LogP contribution in [-0.4, -0.2) is 41.6 Å². The van der Waals surface area contributed by atoms with E-state index in [0.29, 0.717) is 6.42 Å². The minimum absolute atomic E-state index is 0.161. The molecule has 1 fully saturated rings. The molecular formula is C12H19N3O2. The quantitative estimate of drug-likeness (QED) is 0.820. The Labute approximate surface area is 101 Å². The van der Waals surface area contributed by atoms with Crippen LogP contribution in [0.1, 0.15) is 23.9 Å². The first-order chi connectivity index (χ1) is 8.09. The summed E-state index contributed by atoms with van der Waals surface area (Å²) >= 11 is 0. The van der Waals surface area contributed by atoms with Gasteiger partial charge >= 0.3 is 0 Å². The van der Waals surface area contributed by atoms with Gasteiger partial charge in [0.1, 0.15) is 5.76 Å². The summed E-state index contributed by atoms with van der Waals surface area (Å²) in [5.74, 6) is 0.909. The normalized spacial score (nSPS) is 20.6. The summed E-state index contributed by atoms with van der Waals surface area (Å²) in [4.78, 5) is 14.1. The number of nitrogens with one attached hydrogen (secondary N) is 1. The van der Waals surface area contributed by atoms with E-state index < -0.39 is 0 Å². The molecule has 0 radical (unpaired) electrons. The van der Waals surface area contributed by atoms with E-state index in [0.717, 1.165) is 36.7 Å². The van der Waals surface area contributed by atoms with Crippen LogP contribution in [0, 0.1) is 13.8 Å². The molecule has 1 amide bonds. The van der Waals surface area contributed by atoms with Crippen molar-refractivity contribution >= 4 is 5.91 Å². The molecule has 1 N–H and O–H groups in total. The van der Waals surface area contributed by atoms with Crippen LogP contribution >= 0.6 is 0 Å². The van der Waals surface area contributed by atoms with Crippen molar-refractivity contribution in [1.82, 2.24) is 15.4 Å². The lowest BCUT2D eigenvalue weighted by Gasteiger charge is -2.34. The van der Waals surface area contributed by atoms with Gasteiger partial charge in [0.05, 0.1) is 12.1 Å². The highest BCUT2D eigenvalue weighted by atomic mass is 16.5. The van der Waals surface area contributed by atoms with E-state index in [1.54, 1.807) is 0 Å². The maximum atomic E-state index is 12.2. The molecule has 17 heavy (non-hydrogen) atoms. The van der Waals surface area contributed by atoms with Crippen LogP contribution in [0.15, 0.2) is 4.52 Å². The Morgan fingerprint density at radius 3 is 2.94 bits per heavy atom. The molecule has 5 heteroatoms. The molecule has 0 spiro atoms. The lowest BCUT2D eigenvalue weighted by atomic mass is 10.1. The Bertz CT molecular complexity index is 394. The molecule has 1 aromatic rings. The van der Waals surface area contributed by atoms with Crippen molar-refractivity contribution in [2.75, 3.05) is 19.6 Å². The van der Waals surface area contributed by atoms with Crippen LogP contribution < -0.4 is 5.32 Å². The van der Waals surface area contributed by atoms with Crippen LogP contribution in [-0.2, 0) is 11.2 Å². The van der Waals surface area contributed by atoms with Gasteiger partial charge in [-0.15, -0.1) is 0 Å². The molecule has 5 nitrogen and oxygen atoms in total. The number of hydrogen-bond donors (Lipinski definition) is 1. The zero-order valence-electron chi connectivity index (χ0n) is 10.6. The summed E-state index contributed by atoms with van der Waals surface area (Å²) < 4.78 is 5.08. The molecule has 0 unspecified atom stereocenters. The minimum Gasteiger partial charge on any atom is -0.361 e. The summed E-state index contributed by atoms with van der Waals surface area (Å²) in [6.07, 6.45) is 0.394. The van der Waals surface area contributed by atoms with Crippen LogP contribution in [0.25, 0.3) is 0 Å². The van der Waals surface area contributed by atoms with Crippen molar-refractivity contribution in [2.45, 2.75) is 33.2 Å². The van der Waals surface area contributed by atoms with E-state index in [1.807, 2.05) is 18.7 Å². The highest BCUT2D eigenvalue weighted by Crippen LogP contribution is 2.15. The number of aromatic nitrogens is 1. The molecule has 0 saturated carbocycles. The van der Waals surface area contributed by atoms with Gasteiger partial charge in [-0.3, -0.25) is 4.79 Å². The number of nitrogens with zero attached hydrogens (tertiary/aromatic N) is 2. The Hall–Kier alpha value is -1.36. The standard InChI is InChI=1S/C12H19N3O2/c1-8-7-13-4-5-15(8)12(16)6-11-9(2)14-17-10(11)3/h8,13H,4-7H2,1-3H3/t8-/m0/s1. The molecule has 1 aliphatic rings. The Morgan fingerprint density at radius 1 is 1.59 bits per heavy atom. The largest absolute Gasteiger partial charge is 0.361 e. The average Bonchev–Trinajstić information content (AvgIpc) is 2.61. The molecule has 94 valence electrons. The minimum atomic E-state index is 0.161. The topological polar surface area (TPSA) is 58.4 Å². The van der Waals surface area contributed by atoms with Gasteiger partial charge in [0.2, 0.25) is 5.91 Å². The average molecular weight is 237 g/mol. The Balaban J connectivity index is 2.06. The van der Waals surface area contributed by atoms with Gasteiger partial charge in [-0.1, -0.05) is 5.16 Å². The zero-order chi connectivity index (χ0) is 12.4. The lowest BCUT2D eigenvalue weighted by Crippen LogP contribution is -2.52. The van der Waals surface area contributed by atoms with E-state index in [4.69, 9.17) is 4.52 Å². The third kappa shape index (κ3) is 2.49. The fourth-order valence-corrected chi connectivity index (χ4v) is 2.22. The number of rotatable bonds is 2. The molecule has 1 atom stereocenters. The van der Waals surface area contributed by atoms with Gasteiger partial charge in [-0.25, -0.2) is 0 Å². The van der Waals surface area contributed by atoms with Crippen molar-refractivity contribution in [3.05, 3.63) is 17.0 Å². The molecule has 1 saturated heterocycles. The lowest BCUT2D eigenvalue weighted by molar-refractivity contribution is -0.133. The molecular weight excluding hydrogens is 218 g/mol. The highest BCUT2D eigenvalue weighted by Gasteiger charge is 2.24. The van der Waals surface area contributed by atoms with E-state index in [1.165, 1.54) is 0 Å². The van der Waals surface area contributed by atoms with Crippen LogP contribution in [0.3, 0.4) is 0 Å². The van der Waals surface area contributed by atoms with Crippen molar-refractivity contribution in [1.29, 1.82) is 0 Å². The SMILES string of the molecule is Cc1noc(C)c1CC(=O)N1CCNC[C@@H]1C. The summed E-state index contributed by atoms with van der Waals surface area (Å²) in [5, 5.41) is 7.15. The van der Waals surface area contributed by atoms with Crippen molar-refractivity contribution < 1.29 is 9.32 Å². The fraction of sp³-hybridized carbons (Fsp3) is 0.667. The van der Waals surface area contributed by atoms with Crippen molar-refractivity contribution in [3.8, 4) is 0 Å². The van der Waals surface area contributed by atoms with Gasteiger partial charge in [-0.2, -0.15) is 0 Å². The predicted molar refractivity (Wildman–Crippen MR) is 63.7 cm³/mol. The monoisotopic (exact) mass is 237 g/mol. The first-order valence-corrected chi connectivity index (χ1v) is 6.01. The highest BCUT2D eigenvalue weighted by molar-refractivity contribution is 5.79. The summed E-state index contributed by atoms with van der Waals surface area (Å²) in [7, 11) is 0. The third-order valence-corrected chi connectivity index (χ3v) is 3.33. The van der Waals surface area contributed by atoms with Crippen LogP contribution in [0.5, 0.6) is 0 Å². The van der Waals surface area contributed by atoms with Crippen LogP contribution in [0.4, 0.5) is 0 Å². The number of aryl methyl sites for hydroxylation is 2. The summed E-state index contributed by atoms with van der Waals surface area (Å²) in [6.45, 7) is 8.32. The van der Waals surface area contributed by atoms with E-state index >= 15 is 0 Å². The second kappa shape index (κ2) is 4.87. The molecule has 0 bridgehead atoms. The second-order valence-electron chi connectivity index (χ2n) is 4.62. The Morgan fingerprint density at radius 2 is 2.35 bits per heavy atom. The number of piperazine rings is 1. The predicted octanol–water partition coefficient (Wildman–Crippen LogP) is 0.654. The third-order valence-electron chi connectivity index (χ3n) is 3.33. The van der Waals surface area contributed by atoms with E-state index in [2.05, 4.69) is 17.4 Å². The molecule has 0 aromatic carbocycles. The summed E-state index contributed by atoms with van der Waals surface area (Å²) in [5.41, 5.74) is 1.75. The fourth-order valence-electron chi connectivity index (χ4n) is 2.22. The molecule has 2 rings (SSSR count). The second-order valence-corrected chi connectivity index (χ2v) is 4.62. The first-order valence-electron chi connectivity index (χ1n) is 6.01. The summed E-state index contributed by atoms with van der Waals surface area (Å²) in [6, 6.07) is 0.261. The number of hydrogen-bond acceptors (Lipinski definition) is 4. The first kappa shape index (κ1) is 12.1. The maximum absolute atomic E-state index is 12.2. The van der Waals surface area contributed by atoms with Gasteiger partial charge < -0.3 is 14.7 Å². The molecule has 0 aliphatic carbocycles. The molecule has 1 aliphatic heterocycles. The van der Waals surface area contributed by atoms with Gasteiger partial charge in [0.15, 0.2) is 0 Å². The number of carbonyl (C=O) groups excluding carboxylic acids is 1. The van der Waals surface area contributed by atoms with Crippen molar-refractivity contribution in [3.63, 3.8) is 0 Å². The smallest absolute Gasteiger partial charge is 0.227 e. The van der Waals surface area contributed by atoms with Crippen molar-refractivity contribution in [2.24, 2.45) is 0 Å². The van der Waals surface area contributed by atoms with E-state index in [-0.39, 0.29) is 11.9 Å². The van der Waals surface area contributed by atoms with Gasteiger partial charge in [-0.05, 0) is 20.8 Å². The van der Waals surface area contributed by atoms with Gasteiger partial charge in [0, 0.05) is 31.2 Å². The molecule has 2 heterocycles. The van der Waals surface area contributed by atoms with E-state index in [9.17, 15) is 4.79 Å². The maximum Gasteiger partial charge on any atom is 0.227 e. The number of carbonyl (C=O) groups is 1. The Kier molecular flexibility index (Phi) is 3.47. The zero-order valence-corrected chi connectivity index (χ0v) is 10.6. The van der Waals surface area contributed by atoms with Gasteiger partial charge in [0.25, 0.3) is 0 Å².